The number of rotatable bonds is 8. The number of carbonyl (C=O) groups is 1. The van der Waals surface area contributed by atoms with Crippen molar-refractivity contribution in [3.05, 3.63) is 52.2 Å². The lowest BCUT2D eigenvalue weighted by molar-refractivity contribution is 0.0655. The number of hydrogen-bond donors (Lipinski definition) is 5. The summed E-state index contributed by atoms with van der Waals surface area (Å²) in [5.41, 5.74) is 0.781. The molecule has 2 aromatic rings. The number of guanidine groups is 1. The molecular formula is C21H32IN5O2S. The fraction of sp³-hybridized carbons (Fsp3) is 0.429. The molecule has 2 rings (SSSR count). The summed E-state index contributed by atoms with van der Waals surface area (Å²) in [6, 6.07) is 11.3. The van der Waals surface area contributed by atoms with E-state index in [-0.39, 0.29) is 36.0 Å². The molecule has 166 valence electrons. The summed E-state index contributed by atoms with van der Waals surface area (Å²) in [5.74, 6) is 0.642. The molecule has 9 heteroatoms. The SMILES string of the molecule is CCNC(=NCc1ccc(NC(=O)NC(C)C)cc1)NCC(C)(O)c1cccs1.I. The number of aliphatic imine (C=N–C) groups is 1. The summed E-state index contributed by atoms with van der Waals surface area (Å²) < 4.78 is 0. The number of thiophene rings is 1. The van der Waals surface area contributed by atoms with Crippen LogP contribution in [0.1, 0.15) is 38.1 Å². The standard InChI is InChI=1S/C21H31N5O2S.HI/c1-5-22-19(24-14-21(4,28)18-7-6-12-29-18)23-13-16-8-10-17(11-9-16)26-20(27)25-15(2)3;/h6-12,15,28H,5,13-14H2,1-4H3,(H2,22,23,24)(H2,25,26,27);1H. The van der Waals surface area contributed by atoms with Gasteiger partial charge in [0.2, 0.25) is 0 Å². The number of benzene rings is 1. The molecule has 0 bridgehead atoms. The van der Waals surface area contributed by atoms with Crippen molar-refractivity contribution in [1.29, 1.82) is 0 Å². The van der Waals surface area contributed by atoms with Crippen LogP contribution in [0, 0.1) is 0 Å². The zero-order chi connectivity index (χ0) is 21.3. The number of amides is 2. The Bertz CT molecular complexity index is 792. The van der Waals surface area contributed by atoms with Crippen molar-refractivity contribution in [3.8, 4) is 0 Å². The zero-order valence-electron chi connectivity index (χ0n) is 17.9. The van der Waals surface area contributed by atoms with Crippen LogP contribution in [0.3, 0.4) is 0 Å². The third kappa shape index (κ3) is 8.88. The minimum atomic E-state index is -0.964. The average molecular weight is 545 g/mol. The maximum atomic E-state index is 11.8. The van der Waals surface area contributed by atoms with Crippen molar-refractivity contribution < 1.29 is 9.90 Å². The van der Waals surface area contributed by atoms with Crippen LogP contribution in [-0.2, 0) is 12.1 Å². The Morgan fingerprint density at radius 1 is 1.20 bits per heavy atom. The van der Waals surface area contributed by atoms with Crippen LogP contribution in [-0.4, -0.2) is 36.2 Å². The molecule has 0 saturated heterocycles. The van der Waals surface area contributed by atoms with Crippen molar-refractivity contribution in [2.45, 2.75) is 45.9 Å². The van der Waals surface area contributed by atoms with Crippen LogP contribution in [0.2, 0.25) is 0 Å². The van der Waals surface area contributed by atoms with Gasteiger partial charge < -0.3 is 26.4 Å². The highest BCUT2D eigenvalue weighted by Crippen LogP contribution is 2.24. The molecule has 1 aromatic carbocycles. The first kappa shape index (κ1) is 26.2. The van der Waals surface area contributed by atoms with Crippen LogP contribution in [0.15, 0.2) is 46.8 Å². The second-order valence-electron chi connectivity index (χ2n) is 7.25. The summed E-state index contributed by atoms with van der Waals surface area (Å²) in [4.78, 5) is 17.2. The molecule has 0 radical (unpaired) electrons. The molecule has 30 heavy (non-hydrogen) atoms. The number of halogens is 1. The summed E-state index contributed by atoms with van der Waals surface area (Å²) in [6.45, 7) is 9.17. The first-order valence-electron chi connectivity index (χ1n) is 9.75. The minimum absolute atomic E-state index is 0. The molecule has 1 heterocycles. The lowest BCUT2D eigenvalue weighted by Gasteiger charge is -2.23. The fourth-order valence-electron chi connectivity index (χ4n) is 2.56. The highest BCUT2D eigenvalue weighted by atomic mass is 127. The molecule has 5 N–H and O–H groups in total. The highest BCUT2D eigenvalue weighted by Gasteiger charge is 2.24. The molecule has 0 fully saturated rings. The van der Waals surface area contributed by atoms with Crippen LogP contribution >= 0.6 is 35.3 Å². The first-order valence-corrected chi connectivity index (χ1v) is 10.6. The van der Waals surface area contributed by atoms with Gasteiger partial charge >= 0.3 is 6.03 Å². The molecule has 0 aliphatic heterocycles. The Morgan fingerprint density at radius 2 is 1.90 bits per heavy atom. The first-order chi connectivity index (χ1) is 13.8. The van der Waals surface area contributed by atoms with Crippen molar-refractivity contribution in [3.63, 3.8) is 0 Å². The van der Waals surface area contributed by atoms with E-state index >= 15 is 0 Å². The Morgan fingerprint density at radius 3 is 2.47 bits per heavy atom. The van der Waals surface area contributed by atoms with Gasteiger partial charge in [-0.25, -0.2) is 9.79 Å². The van der Waals surface area contributed by atoms with Crippen LogP contribution in [0.4, 0.5) is 10.5 Å². The van der Waals surface area contributed by atoms with Gasteiger partial charge in [0.15, 0.2) is 5.96 Å². The van der Waals surface area contributed by atoms with Gasteiger partial charge in [-0.05, 0) is 56.8 Å². The summed E-state index contributed by atoms with van der Waals surface area (Å²) in [6.07, 6.45) is 0. The molecule has 0 saturated carbocycles. The van der Waals surface area contributed by atoms with Crippen LogP contribution in [0.5, 0.6) is 0 Å². The largest absolute Gasteiger partial charge is 0.383 e. The monoisotopic (exact) mass is 545 g/mol. The molecule has 2 amide bonds. The van der Waals surface area contributed by atoms with Gasteiger partial charge in [-0.2, -0.15) is 0 Å². The summed E-state index contributed by atoms with van der Waals surface area (Å²) >= 11 is 1.53. The number of nitrogens with zero attached hydrogens (tertiary/aromatic N) is 1. The van der Waals surface area contributed by atoms with E-state index in [1.165, 1.54) is 11.3 Å². The lowest BCUT2D eigenvalue weighted by atomic mass is 10.1. The smallest absolute Gasteiger partial charge is 0.319 e. The number of nitrogens with one attached hydrogen (secondary N) is 4. The van der Waals surface area contributed by atoms with Gasteiger partial charge in [0.1, 0.15) is 5.60 Å². The van der Waals surface area contributed by atoms with E-state index in [1.54, 1.807) is 6.92 Å². The average Bonchev–Trinajstić information content (AvgIpc) is 3.20. The van der Waals surface area contributed by atoms with Gasteiger partial charge in [0.05, 0.1) is 13.1 Å². The normalized spacial score (nSPS) is 13.2. The third-order valence-corrected chi connectivity index (χ3v) is 5.17. The molecule has 1 atom stereocenters. The zero-order valence-corrected chi connectivity index (χ0v) is 21.0. The second-order valence-corrected chi connectivity index (χ2v) is 8.20. The second kappa shape index (κ2) is 12.8. The highest BCUT2D eigenvalue weighted by molar-refractivity contribution is 14.0. The van der Waals surface area contributed by atoms with Crippen molar-refractivity contribution >= 4 is 53.0 Å². The fourth-order valence-corrected chi connectivity index (χ4v) is 3.35. The van der Waals surface area contributed by atoms with E-state index in [0.717, 1.165) is 22.7 Å². The topological polar surface area (TPSA) is 97.8 Å². The van der Waals surface area contributed by atoms with Crippen LogP contribution in [0.25, 0.3) is 0 Å². The molecule has 0 spiro atoms. The number of aliphatic hydroxyl groups is 1. The molecular weight excluding hydrogens is 513 g/mol. The maximum Gasteiger partial charge on any atom is 0.319 e. The minimum Gasteiger partial charge on any atom is -0.383 e. The van der Waals surface area contributed by atoms with E-state index in [2.05, 4.69) is 26.3 Å². The van der Waals surface area contributed by atoms with E-state index < -0.39 is 5.60 Å². The van der Waals surface area contributed by atoms with E-state index in [0.29, 0.717) is 19.0 Å². The van der Waals surface area contributed by atoms with Gasteiger partial charge in [-0.1, -0.05) is 18.2 Å². The van der Waals surface area contributed by atoms with Crippen molar-refractivity contribution in [1.82, 2.24) is 16.0 Å². The summed E-state index contributed by atoms with van der Waals surface area (Å²) in [5, 5.41) is 24.6. The molecule has 0 aliphatic carbocycles. The van der Waals surface area contributed by atoms with Crippen molar-refractivity contribution in [2.24, 2.45) is 4.99 Å². The molecule has 7 nitrogen and oxygen atoms in total. The Labute approximate surface area is 199 Å². The predicted molar refractivity (Wildman–Crippen MR) is 136 cm³/mol. The lowest BCUT2D eigenvalue weighted by Crippen LogP contribution is -2.44. The van der Waals surface area contributed by atoms with Crippen LogP contribution < -0.4 is 21.3 Å². The summed E-state index contributed by atoms with van der Waals surface area (Å²) in [7, 11) is 0. The molecule has 0 aliphatic rings. The van der Waals surface area contributed by atoms with Gasteiger partial charge in [0.25, 0.3) is 0 Å². The number of urea groups is 1. The Kier molecular flexibility index (Phi) is 11.1. The number of hydrogen-bond acceptors (Lipinski definition) is 4. The van der Waals surface area contributed by atoms with E-state index in [1.807, 2.05) is 62.5 Å². The van der Waals surface area contributed by atoms with Gasteiger partial charge in [-0.15, -0.1) is 35.3 Å². The van der Waals surface area contributed by atoms with E-state index in [9.17, 15) is 9.90 Å². The maximum absolute atomic E-state index is 11.8. The molecule has 1 unspecified atom stereocenters. The quantitative estimate of drug-likeness (QED) is 0.198. The number of carbonyl (C=O) groups excluding carboxylic acids is 1. The van der Waals surface area contributed by atoms with Crippen molar-refractivity contribution in [2.75, 3.05) is 18.4 Å². The predicted octanol–water partition coefficient (Wildman–Crippen LogP) is 3.86. The third-order valence-electron chi connectivity index (χ3n) is 4.05. The van der Waals surface area contributed by atoms with Gasteiger partial charge in [0, 0.05) is 23.2 Å². The Balaban J connectivity index is 0.00000450. The molecule has 1 aromatic heterocycles. The number of anilines is 1. The van der Waals surface area contributed by atoms with E-state index in [4.69, 9.17) is 0 Å². The Hall–Kier alpha value is -1.85. The van der Waals surface area contributed by atoms with Gasteiger partial charge in [-0.3, -0.25) is 0 Å².